The molecule has 4 aliphatic carbocycles. The molecule has 1 aromatic heterocycles. The lowest BCUT2D eigenvalue weighted by atomic mass is 9.55. The molecule has 0 aliphatic heterocycles. The van der Waals surface area contributed by atoms with Crippen LogP contribution < -0.4 is 4.74 Å². The third kappa shape index (κ3) is 2.08. The number of hydrogen-bond donors (Lipinski definition) is 0. The van der Waals surface area contributed by atoms with E-state index in [1.54, 1.807) is 6.20 Å². The molecule has 0 N–H and O–H groups in total. The fraction of sp³-hybridized carbons (Fsp3) is 0.647. The first-order valence-electron chi connectivity index (χ1n) is 7.80. The Labute approximate surface area is 120 Å². The molecule has 3 heteroatoms. The molecule has 4 bridgehead atoms. The molecule has 1 heterocycles. The van der Waals surface area contributed by atoms with E-state index in [1.165, 1.54) is 32.1 Å². The fourth-order valence-electron chi connectivity index (χ4n) is 4.88. The third-order valence-corrected chi connectivity index (χ3v) is 5.48. The van der Waals surface area contributed by atoms with Crippen molar-refractivity contribution in [1.29, 1.82) is 5.26 Å². The summed E-state index contributed by atoms with van der Waals surface area (Å²) in [6.07, 6.45) is 9.51. The van der Waals surface area contributed by atoms with Crippen molar-refractivity contribution in [1.82, 2.24) is 4.98 Å². The number of nitrogens with zero attached hydrogens (tertiary/aromatic N) is 2. The average Bonchev–Trinajstić information content (AvgIpc) is 2.44. The topological polar surface area (TPSA) is 45.9 Å². The van der Waals surface area contributed by atoms with Crippen molar-refractivity contribution in [3.8, 4) is 11.9 Å². The Morgan fingerprint density at radius 2 is 1.80 bits per heavy atom. The lowest BCUT2D eigenvalue weighted by molar-refractivity contribution is -0.0805. The van der Waals surface area contributed by atoms with E-state index in [0.717, 1.165) is 35.1 Å². The molecular weight excluding hydrogens is 248 g/mol. The zero-order valence-corrected chi connectivity index (χ0v) is 11.7. The van der Waals surface area contributed by atoms with Crippen molar-refractivity contribution in [2.24, 2.45) is 23.7 Å². The number of ether oxygens (including phenoxy) is 1. The standard InChI is InChI=1S/C17H20N2O/c18-4-3-11-1-2-16(19-10-11)20-17-14-6-12-5-13(8-14)9-15(17)7-12/h1-2,10,12-15,17H,3,5-9H2. The van der Waals surface area contributed by atoms with E-state index in [0.29, 0.717) is 12.5 Å². The zero-order valence-electron chi connectivity index (χ0n) is 11.7. The maximum atomic E-state index is 8.68. The summed E-state index contributed by atoms with van der Waals surface area (Å²) in [6, 6.07) is 6.03. The first kappa shape index (κ1) is 12.2. The average molecular weight is 268 g/mol. The summed E-state index contributed by atoms with van der Waals surface area (Å²) >= 11 is 0. The van der Waals surface area contributed by atoms with Crippen LogP contribution in [0.5, 0.6) is 5.88 Å². The van der Waals surface area contributed by atoms with Crippen LogP contribution in [0.25, 0.3) is 0 Å². The van der Waals surface area contributed by atoms with E-state index in [-0.39, 0.29) is 0 Å². The van der Waals surface area contributed by atoms with Gasteiger partial charge in [-0.05, 0) is 61.3 Å². The van der Waals surface area contributed by atoms with E-state index in [9.17, 15) is 0 Å². The molecule has 0 saturated heterocycles. The third-order valence-electron chi connectivity index (χ3n) is 5.48. The van der Waals surface area contributed by atoms with Gasteiger partial charge >= 0.3 is 0 Å². The van der Waals surface area contributed by atoms with Gasteiger partial charge in [0.25, 0.3) is 0 Å². The van der Waals surface area contributed by atoms with Crippen LogP contribution >= 0.6 is 0 Å². The molecular formula is C17H20N2O. The molecule has 4 saturated carbocycles. The molecule has 5 rings (SSSR count). The highest BCUT2D eigenvalue weighted by molar-refractivity contribution is 5.20. The van der Waals surface area contributed by atoms with Gasteiger partial charge in [-0.3, -0.25) is 0 Å². The fourth-order valence-corrected chi connectivity index (χ4v) is 4.88. The smallest absolute Gasteiger partial charge is 0.213 e. The minimum absolute atomic E-state index is 0.386. The summed E-state index contributed by atoms with van der Waals surface area (Å²) in [5, 5.41) is 8.68. The highest BCUT2D eigenvalue weighted by atomic mass is 16.5. The van der Waals surface area contributed by atoms with Crippen LogP contribution in [0.15, 0.2) is 18.3 Å². The number of hydrogen-bond acceptors (Lipinski definition) is 3. The number of rotatable bonds is 3. The quantitative estimate of drug-likeness (QED) is 0.844. The Balaban J connectivity index is 1.47. The number of aromatic nitrogens is 1. The summed E-state index contributed by atoms with van der Waals surface area (Å²) < 4.78 is 6.23. The van der Waals surface area contributed by atoms with Gasteiger partial charge in [0, 0.05) is 12.3 Å². The highest BCUT2D eigenvalue weighted by Gasteiger charge is 2.49. The molecule has 0 aromatic carbocycles. The second-order valence-corrected chi connectivity index (χ2v) is 6.85. The molecule has 0 radical (unpaired) electrons. The first-order valence-corrected chi connectivity index (χ1v) is 7.80. The maximum absolute atomic E-state index is 8.68. The number of nitriles is 1. The highest BCUT2D eigenvalue weighted by Crippen LogP contribution is 2.54. The van der Waals surface area contributed by atoms with Gasteiger partial charge < -0.3 is 4.74 Å². The molecule has 3 nitrogen and oxygen atoms in total. The van der Waals surface area contributed by atoms with Gasteiger partial charge in [0.1, 0.15) is 6.10 Å². The molecule has 104 valence electrons. The summed E-state index contributed by atoms with van der Waals surface area (Å²) in [7, 11) is 0. The minimum Gasteiger partial charge on any atom is -0.474 e. The van der Waals surface area contributed by atoms with Crippen molar-refractivity contribution in [2.45, 2.75) is 44.6 Å². The van der Waals surface area contributed by atoms with Crippen LogP contribution in [0.3, 0.4) is 0 Å². The van der Waals surface area contributed by atoms with E-state index in [1.807, 2.05) is 12.1 Å². The van der Waals surface area contributed by atoms with Gasteiger partial charge in [0.05, 0.1) is 12.5 Å². The van der Waals surface area contributed by atoms with E-state index >= 15 is 0 Å². The van der Waals surface area contributed by atoms with E-state index in [2.05, 4.69) is 11.1 Å². The lowest BCUT2D eigenvalue weighted by Gasteiger charge is -2.53. The van der Waals surface area contributed by atoms with Crippen molar-refractivity contribution in [3.05, 3.63) is 23.9 Å². The van der Waals surface area contributed by atoms with E-state index < -0.39 is 0 Å². The number of pyridine rings is 1. The second-order valence-electron chi connectivity index (χ2n) is 6.85. The Morgan fingerprint density at radius 3 is 2.35 bits per heavy atom. The molecule has 1 aromatic rings. The van der Waals surface area contributed by atoms with Crippen molar-refractivity contribution >= 4 is 0 Å². The maximum Gasteiger partial charge on any atom is 0.213 e. The molecule has 0 spiro atoms. The molecule has 4 fully saturated rings. The van der Waals surface area contributed by atoms with Gasteiger partial charge in [-0.2, -0.15) is 5.26 Å². The Kier molecular flexibility index (Phi) is 2.91. The predicted molar refractivity (Wildman–Crippen MR) is 75.0 cm³/mol. The Morgan fingerprint density at radius 1 is 1.10 bits per heavy atom. The molecule has 20 heavy (non-hydrogen) atoms. The van der Waals surface area contributed by atoms with Crippen molar-refractivity contribution in [3.63, 3.8) is 0 Å². The van der Waals surface area contributed by atoms with Crippen LogP contribution in [0.2, 0.25) is 0 Å². The first-order chi connectivity index (χ1) is 9.81. The summed E-state index contributed by atoms with van der Waals surface area (Å²) in [5.41, 5.74) is 0.963. The van der Waals surface area contributed by atoms with Crippen LogP contribution in [0, 0.1) is 35.0 Å². The van der Waals surface area contributed by atoms with Crippen LogP contribution in [-0.2, 0) is 6.42 Å². The van der Waals surface area contributed by atoms with Crippen molar-refractivity contribution < 1.29 is 4.74 Å². The Hall–Kier alpha value is -1.56. The monoisotopic (exact) mass is 268 g/mol. The second kappa shape index (κ2) is 4.77. The summed E-state index contributed by atoms with van der Waals surface area (Å²) in [5.74, 6) is 4.20. The van der Waals surface area contributed by atoms with Crippen molar-refractivity contribution in [2.75, 3.05) is 0 Å². The zero-order chi connectivity index (χ0) is 13.5. The van der Waals surface area contributed by atoms with Gasteiger partial charge in [-0.25, -0.2) is 4.98 Å². The SMILES string of the molecule is N#CCc1ccc(OC2C3CC4CC(C3)CC2C4)nc1. The lowest BCUT2D eigenvalue weighted by Crippen LogP contribution is -2.50. The van der Waals surface area contributed by atoms with Gasteiger partial charge in [0.15, 0.2) is 0 Å². The summed E-state index contributed by atoms with van der Waals surface area (Å²) in [6.45, 7) is 0. The molecule has 4 aliphatic rings. The van der Waals surface area contributed by atoms with Gasteiger partial charge in [-0.15, -0.1) is 0 Å². The van der Waals surface area contributed by atoms with E-state index in [4.69, 9.17) is 10.00 Å². The molecule has 0 unspecified atom stereocenters. The van der Waals surface area contributed by atoms with Crippen LogP contribution in [-0.4, -0.2) is 11.1 Å². The Bertz CT molecular complexity index is 503. The normalized spacial score (nSPS) is 37.6. The molecule has 0 atom stereocenters. The molecule has 0 amide bonds. The summed E-state index contributed by atoms with van der Waals surface area (Å²) in [4.78, 5) is 4.38. The van der Waals surface area contributed by atoms with Gasteiger partial charge in [-0.1, -0.05) is 6.07 Å². The minimum atomic E-state index is 0.386. The van der Waals surface area contributed by atoms with Gasteiger partial charge in [0.2, 0.25) is 5.88 Å². The predicted octanol–water partition coefficient (Wildman–Crippen LogP) is 3.35. The van der Waals surface area contributed by atoms with Crippen LogP contribution in [0.1, 0.15) is 37.7 Å². The largest absolute Gasteiger partial charge is 0.474 e. The van der Waals surface area contributed by atoms with Crippen LogP contribution in [0.4, 0.5) is 0 Å².